The molecule has 6 nitrogen and oxygen atoms in total. The number of carbonyl (C=O) groups is 1. The molecule has 1 aromatic heterocycles. The number of hydrogen-bond donors (Lipinski definition) is 1. The Hall–Kier alpha value is -2.34. The van der Waals surface area contributed by atoms with Gasteiger partial charge in [0.1, 0.15) is 6.61 Å². The van der Waals surface area contributed by atoms with Gasteiger partial charge in [0.25, 0.3) is 5.91 Å². The average molecular weight is 289 g/mol. The predicted octanol–water partition coefficient (Wildman–Crippen LogP) is 2.07. The molecule has 2 aromatic rings. The van der Waals surface area contributed by atoms with Gasteiger partial charge in [-0.1, -0.05) is 17.3 Å². The number of aromatic nitrogens is 1. The van der Waals surface area contributed by atoms with Crippen molar-refractivity contribution in [2.45, 2.75) is 20.1 Å². The maximum absolute atomic E-state index is 12.4. The van der Waals surface area contributed by atoms with Crippen LogP contribution in [0.1, 0.15) is 28.7 Å². The molecule has 0 saturated carbocycles. The number of ether oxygens (including phenoxy) is 1. The van der Waals surface area contributed by atoms with E-state index in [0.717, 1.165) is 5.56 Å². The minimum absolute atomic E-state index is 0.175. The number of rotatable bonds is 6. The summed E-state index contributed by atoms with van der Waals surface area (Å²) in [6, 6.07) is 9.08. The molecule has 2 rings (SSSR count). The number of carbonyl (C=O) groups excluding carboxylic acids is 1. The Labute approximate surface area is 123 Å². The van der Waals surface area contributed by atoms with Crippen LogP contribution >= 0.6 is 0 Å². The summed E-state index contributed by atoms with van der Waals surface area (Å²) in [5.74, 6) is 0.354. The molecule has 0 aliphatic carbocycles. The second-order valence-corrected chi connectivity index (χ2v) is 4.68. The van der Waals surface area contributed by atoms with E-state index in [-0.39, 0.29) is 11.6 Å². The van der Waals surface area contributed by atoms with Gasteiger partial charge in [-0.05, 0) is 24.6 Å². The molecule has 0 radical (unpaired) electrons. The van der Waals surface area contributed by atoms with Crippen LogP contribution in [0, 0.1) is 0 Å². The zero-order valence-electron chi connectivity index (χ0n) is 12.2. The van der Waals surface area contributed by atoms with Crippen LogP contribution in [0.15, 0.2) is 34.9 Å². The van der Waals surface area contributed by atoms with Crippen molar-refractivity contribution >= 4 is 11.6 Å². The maximum Gasteiger partial charge on any atom is 0.276 e. The third kappa shape index (κ3) is 3.82. The molecular formula is C15H19N3O3. The Morgan fingerprint density at radius 2 is 2.24 bits per heavy atom. The molecule has 1 aromatic carbocycles. The zero-order chi connectivity index (χ0) is 15.2. The lowest BCUT2D eigenvalue weighted by Gasteiger charge is -2.19. The summed E-state index contributed by atoms with van der Waals surface area (Å²) in [6.07, 6.45) is 0. The van der Waals surface area contributed by atoms with Crippen LogP contribution < -0.4 is 5.73 Å². The predicted molar refractivity (Wildman–Crippen MR) is 78.5 cm³/mol. The smallest absolute Gasteiger partial charge is 0.276 e. The maximum atomic E-state index is 12.4. The molecule has 0 bridgehead atoms. The second kappa shape index (κ2) is 6.90. The summed E-state index contributed by atoms with van der Waals surface area (Å²) < 4.78 is 9.99. The molecule has 2 N–H and O–H groups in total. The summed E-state index contributed by atoms with van der Waals surface area (Å²) >= 11 is 0. The number of nitrogens with two attached hydrogens (primary N) is 1. The molecule has 0 fully saturated rings. The first-order valence-corrected chi connectivity index (χ1v) is 6.72. The van der Waals surface area contributed by atoms with Crippen molar-refractivity contribution in [2.24, 2.45) is 0 Å². The van der Waals surface area contributed by atoms with Gasteiger partial charge in [0.05, 0.1) is 0 Å². The van der Waals surface area contributed by atoms with E-state index in [9.17, 15) is 4.79 Å². The van der Waals surface area contributed by atoms with Crippen molar-refractivity contribution in [1.29, 1.82) is 0 Å². The highest BCUT2D eigenvalue weighted by Crippen LogP contribution is 2.13. The van der Waals surface area contributed by atoms with Gasteiger partial charge in [0.15, 0.2) is 11.5 Å². The molecular weight excluding hydrogens is 270 g/mol. The second-order valence-electron chi connectivity index (χ2n) is 4.68. The van der Waals surface area contributed by atoms with Gasteiger partial charge in [-0.25, -0.2) is 0 Å². The number of methoxy groups -OCH3 is 1. The first kappa shape index (κ1) is 15.1. The molecule has 0 aliphatic rings. The zero-order valence-corrected chi connectivity index (χ0v) is 12.2. The first-order chi connectivity index (χ1) is 10.1. The highest BCUT2D eigenvalue weighted by molar-refractivity contribution is 5.92. The normalized spacial score (nSPS) is 10.6. The van der Waals surface area contributed by atoms with Crippen LogP contribution in [0.4, 0.5) is 5.69 Å². The van der Waals surface area contributed by atoms with Crippen LogP contribution in [0.2, 0.25) is 0 Å². The minimum atomic E-state index is -0.175. The van der Waals surface area contributed by atoms with Crippen molar-refractivity contribution in [3.8, 4) is 0 Å². The fourth-order valence-corrected chi connectivity index (χ4v) is 2.03. The van der Waals surface area contributed by atoms with Gasteiger partial charge in [0, 0.05) is 32.0 Å². The van der Waals surface area contributed by atoms with E-state index in [1.807, 2.05) is 31.2 Å². The first-order valence-electron chi connectivity index (χ1n) is 6.72. The molecule has 0 aliphatic heterocycles. The van der Waals surface area contributed by atoms with Gasteiger partial charge >= 0.3 is 0 Å². The Kier molecular flexibility index (Phi) is 4.94. The molecule has 1 amide bonds. The van der Waals surface area contributed by atoms with Crippen LogP contribution in [-0.2, 0) is 17.9 Å². The molecule has 0 saturated heterocycles. The van der Waals surface area contributed by atoms with Crippen molar-refractivity contribution in [1.82, 2.24) is 10.1 Å². The van der Waals surface area contributed by atoms with E-state index in [4.69, 9.17) is 15.0 Å². The molecule has 0 unspecified atom stereocenters. The van der Waals surface area contributed by atoms with E-state index < -0.39 is 0 Å². The van der Waals surface area contributed by atoms with Gasteiger partial charge < -0.3 is 19.9 Å². The van der Waals surface area contributed by atoms with Gasteiger partial charge in [-0.15, -0.1) is 0 Å². The topological polar surface area (TPSA) is 81.6 Å². The molecule has 1 heterocycles. The van der Waals surface area contributed by atoms with E-state index in [0.29, 0.717) is 31.1 Å². The molecule has 0 spiro atoms. The standard InChI is InChI=1S/C15H19N3O3/c1-3-18(9-11-5-4-6-12(16)7-11)15(19)14-8-13(10-20-2)21-17-14/h4-8H,3,9-10,16H2,1-2H3. The Morgan fingerprint density at radius 3 is 2.90 bits per heavy atom. The summed E-state index contributed by atoms with van der Waals surface area (Å²) in [5.41, 5.74) is 7.70. The Bertz CT molecular complexity index is 610. The molecule has 112 valence electrons. The average Bonchev–Trinajstić information content (AvgIpc) is 2.93. The Morgan fingerprint density at radius 1 is 1.43 bits per heavy atom. The third-order valence-corrected chi connectivity index (χ3v) is 3.06. The molecule has 6 heteroatoms. The number of nitrogen functional groups attached to an aromatic ring is 1. The minimum Gasteiger partial charge on any atom is -0.399 e. The van der Waals surface area contributed by atoms with Gasteiger partial charge in [-0.3, -0.25) is 4.79 Å². The van der Waals surface area contributed by atoms with Gasteiger partial charge in [-0.2, -0.15) is 0 Å². The summed E-state index contributed by atoms with van der Waals surface area (Å²) in [4.78, 5) is 14.1. The number of amides is 1. The molecule has 21 heavy (non-hydrogen) atoms. The Balaban J connectivity index is 2.10. The van der Waals surface area contributed by atoms with Crippen molar-refractivity contribution in [2.75, 3.05) is 19.4 Å². The van der Waals surface area contributed by atoms with Crippen molar-refractivity contribution in [3.05, 3.63) is 47.3 Å². The van der Waals surface area contributed by atoms with Crippen LogP contribution in [-0.4, -0.2) is 29.6 Å². The number of hydrogen-bond acceptors (Lipinski definition) is 5. The van der Waals surface area contributed by atoms with E-state index >= 15 is 0 Å². The third-order valence-electron chi connectivity index (χ3n) is 3.06. The largest absolute Gasteiger partial charge is 0.399 e. The summed E-state index contributed by atoms with van der Waals surface area (Å²) in [7, 11) is 1.56. The van der Waals surface area contributed by atoms with Crippen LogP contribution in [0.25, 0.3) is 0 Å². The lowest BCUT2D eigenvalue weighted by atomic mass is 10.2. The highest BCUT2D eigenvalue weighted by atomic mass is 16.5. The number of nitrogens with zero attached hydrogens (tertiary/aromatic N) is 2. The fraction of sp³-hybridized carbons (Fsp3) is 0.333. The number of anilines is 1. The van der Waals surface area contributed by atoms with E-state index in [1.54, 1.807) is 18.1 Å². The van der Waals surface area contributed by atoms with Crippen LogP contribution in [0.5, 0.6) is 0 Å². The van der Waals surface area contributed by atoms with Crippen molar-refractivity contribution in [3.63, 3.8) is 0 Å². The van der Waals surface area contributed by atoms with E-state index in [1.165, 1.54) is 0 Å². The van der Waals surface area contributed by atoms with Crippen LogP contribution in [0.3, 0.4) is 0 Å². The number of benzene rings is 1. The summed E-state index contributed by atoms with van der Waals surface area (Å²) in [5, 5.41) is 3.79. The quantitative estimate of drug-likeness (QED) is 0.823. The lowest BCUT2D eigenvalue weighted by molar-refractivity contribution is 0.0741. The summed E-state index contributed by atoms with van der Waals surface area (Å²) in [6.45, 7) is 3.26. The lowest BCUT2D eigenvalue weighted by Crippen LogP contribution is -2.30. The van der Waals surface area contributed by atoms with Gasteiger partial charge in [0.2, 0.25) is 0 Å². The SMILES string of the molecule is CCN(Cc1cccc(N)c1)C(=O)c1cc(COC)on1. The van der Waals surface area contributed by atoms with Crippen molar-refractivity contribution < 1.29 is 14.1 Å². The van der Waals surface area contributed by atoms with E-state index in [2.05, 4.69) is 5.16 Å². The fourth-order valence-electron chi connectivity index (χ4n) is 2.03. The molecule has 0 atom stereocenters. The highest BCUT2D eigenvalue weighted by Gasteiger charge is 2.19. The monoisotopic (exact) mass is 289 g/mol.